The van der Waals surface area contributed by atoms with Crippen LogP contribution in [0.1, 0.15) is 28.8 Å². The first-order valence-corrected chi connectivity index (χ1v) is 5.74. The number of rotatable bonds is 2. The number of hydrogen-bond acceptors (Lipinski definition) is 2. The summed E-state index contributed by atoms with van der Waals surface area (Å²) in [6, 6.07) is 2.95. The number of nitrogens with zero attached hydrogens (tertiary/aromatic N) is 1. The Kier molecular flexibility index (Phi) is 2.08. The van der Waals surface area contributed by atoms with E-state index in [9.17, 15) is 14.0 Å². The number of anilines is 1. The highest BCUT2D eigenvalue weighted by Gasteiger charge is 2.40. The lowest BCUT2D eigenvalue weighted by Gasteiger charge is -2.16. The second-order valence-corrected chi connectivity index (χ2v) is 4.83. The number of Topliss-reactive ketones (excluding diaryl/α,β-unsaturated/α-hetero) is 1. The second-order valence-electron chi connectivity index (χ2n) is 4.83. The van der Waals surface area contributed by atoms with Gasteiger partial charge in [0.05, 0.1) is 11.3 Å². The van der Waals surface area contributed by atoms with Gasteiger partial charge < -0.3 is 4.90 Å². The molecule has 0 atom stereocenters. The van der Waals surface area contributed by atoms with Crippen molar-refractivity contribution >= 4 is 17.4 Å². The van der Waals surface area contributed by atoms with Gasteiger partial charge in [-0.3, -0.25) is 9.59 Å². The van der Waals surface area contributed by atoms with E-state index in [1.54, 1.807) is 13.0 Å². The average Bonchev–Trinajstić information content (AvgIpc) is 3.04. The monoisotopic (exact) mass is 233 g/mol. The molecule has 1 saturated carbocycles. The maximum atomic E-state index is 13.9. The minimum atomic E-state index is -0.587. The van der Waals surface area contributed by atoms with Crippen LogP contribution >= 0.6 is 0 Å². The maximum Gasteiger partial charge on any atom is 0.299 e. The van der Waals surface area contributed by atoms with Crippen LogP contribution in [0.25, 0.3) is 0 Å². The minimum absolute atomic E-state index is 0.178. The number of aryl methyl sites for hydroxylation is 1. The first-order valence-electron chi connectivity index (χ1n) is 5.74. The Bertz CT molecular complexity index is 534. The predicted octanol–water partition coefficient (Wildman–Crippen LogP) is 2.07. The number of amides is 1. The zero-order valence-corrected chi connectivity index (χ0v) is 9.50. The Morgan fingerprint density at radius 2 is 2.06 bits per heavy atom. The molecule has 88 valence electrons. The van der Waals surface area contributed by atoms with Crippen molar-refractivity contribution in [2.45, 2.75) is 19.8 Å². The number of carbonyl (C=O) groups excluding carboxylic acids is 2. The zero-order valence-electron chi connectivity index (χ0n) is 9.50. The standard InChI is InChI=1S/C13H12FNO2/c1-7-4-9-11(10(14)5-7)15(6-8-2-3-8)13(17)12(9)16/h4-5,8H,2-3,6H2,1H3. The highest BCUT2D eigenvalue weighted by atomic mass is 19.1. The molecule has 17 heavy (non-hydrogen) atoms. The van der Waals surface area contributed by atoms with Crippen molar-refractivity contribution in [1.82, 2.24) is 0 Å². The highest BCUT2D eigenvalue weighted by molar-refractivity contribution is 6.52. The molecule has 4 heteroatoms. The number of ketones is 1. The van der Waals surface area contributed by atoms with Crippen LogP contribution in [-0.4, -0.2) is 18.2 Å². The summed E-state index contributed by atoms with van der Waals surface area (Å²) in [5.41, 5.74) is 1.06. The molecule has 0 unspecified atom stereocenters. The summed E-state index contributed by atoms with van der Waals surface area (Å²) in [6.45, 7) is 2.18. The normalized spacial score (nSPS) is 18.8. The SMILES string of the molecule is Cc1cc(F)c2c(c1)C(=O)C(=O)N2CC1CC1. The van der Waals surface area contributed by atoms with Crippen LogP contribution in [0.15, 0.2) is 12.1 Å². The summed E-state index contributed by atoms with van der Waals surface area (Å²) in [7, 11) is 0. The first kappa shape index (κ1) is 10.4. The van der Waals surface area contributed by atoms with E-state index in [2.05, 4.69) is 0 Å². The molecule has 1 fully saturated rings. The summed E-state index contributed by atoms with van der Waals surface area (Å²) in [4.78, 5) is 24.9. The fraction of sp³-hybridized carbons (Fsp3) is 0.385. The summed E-state index contributed by atoms with van der Waals surface area (Å²) in [6.07, 6.45) is 2.11. The van der Waals surface area contributed by atoms with Gasteiger partial charge in [0.1, 0.15) is 5.82 Å². The lowest BCUT2D eigenvalue weighted by molar-refractivity contribution is -0.114. The van der Waals surface area contributed by atoms with E-state index in [1.807, 2.05) is 0 Å². The number of halogens is 1. The van der Waals surface area contributed by atoms with Gasteiger partial charge in [-0.1, -0.05) is 0 Å². The molecule has 2 aliphatic rings. The Morgan fingerprint density at radius 3 is 2.71 bits per heavy atom. The van der Waals surface area contributed by atoms with Crippen molar-refractivity contribution in [1.29, 1.82) is 0 Å². The zero-order chi connectivity index (χ0) is 12.2. The Labute approximate surface area is 98.2 Å². The highest BCUT2D eigenvalue weighted by Crippen LogP contribution is 2.37. The molecular weight excluding hydrogens is 221 g/mol. The molecule has 0 N–H and O–H groups in total. The third-order valence-corrected chi connectivity index (χ3v) is 3.30. The first-order chi connectivity index (χ1) is 8.08. The molecule has 1 aromatic rings. The summed E-state index contributed by atoms with van der Waals surface area (Å²) < 4.78 is 13.9. The fourth-order valence-electron chi connectivity index (χ4n) is 2.25. The molecular formula is C13H12FNO2. The van der Waals surface area contributed by atoms with Gasteiger partial charge in [-0.25, -0.2) is 4.39 Å². The van der Waals surface area contributed by atoms with Crippen LogP contribution < -0.4 is 4.90 Å². The molecule has 0 bridgehead atoms. The third-order valence-electron chi connectivity index (χ3n) is 3.30. The van der Waals surface area contributed by atoms with Crippen molar-refractivity contribution in [3.8, 4) is 0 Å². The molecule has 1 aromatic carbocycles. The van der Waals surface area contributed by atoms with Crippen molar-refractivity contribution in [3.05, 3.63) is 29.1 Å². The van der Waals surface area contributed by atoms with Gasteiger partial charge in [0.15, 0.2) is 0 Å². The van der Waals surface area contributed by atoms with Crippen molar-refractivity contribution in [3.63, 3.8) is 0 Å². The van der Waals surface area contributed by atoms with Crippen molar-refractivity contribution in [2.75, 3.05) is 11.4 Å². The summed E-state index contributed by atoms with van der Waals surface area (Å²) in [5, 5.41) is 0. The number of fused-ring (bicyclic) bond motifs is 1. The average molecular weight is 233 g/mol. The van der Waals surface area contributed by atoms with Crippen LogP contribution in [-0.2, 0) is 4.79 Å². The molecule has 3 nitrogen and oxygen atoms in total. The smallest absolute Gasteiger partial charge is 0.299 e. The largest absolute Gasteiger partial charge is 0.302 e. The van der Waals surface area contributed by atoms with Crippen LogP contribution in [0.5, 0.6) is 0 Å². The van der Waals surface area contributed by atoms with E-state index in [0.717, 1.165) is 12.8 Å². The maximum absolute atomic E-state index is 13.9. The van der Waals surface area contributed by atoms with Gasteiger partial charge in [-0.05, 0) is 43.4 Å². The van der Waals surface area contributed by atoms with Gasteiger partial charge in [-0.15, -0.1) is 0 Å². The van der Waals surface area contributed by atoms with Crippen molar-refractivity contribution in [2.24, 2.45) is 5.92 Å². The molecule has 1 amide bonds. The van der Waals surface area contributed by atoms with Crippen LogP contribution in [0, 0.1) is 18.7 Å². The predicted molar refractivity (Wildman–Crippen MR) is 60.5 cm³/mol. The van der Waals surface area contributed by atoms with E-state index in [0.29, 0.717) is 18.0 Å². The quantitative estimate of drug-likeness (QED) is 0.733. The van der Waals surface area contributed by atoms with Gasteiger partial charge in [0.25, 0.3) is 11.7 Å². The van der Waals surface area contributed by atoms with Gasteiger partial charge in [-0.2, -0.15) is 0 Å². The van der Waals surface area contributed by atoms with Crippen LogP contribution in [0.3, 0.4) is 0 Å². The molecule has 1 aliphatic heterocycles. The lowest BCUT2D eigenvalue weighted by Crippen LogP contribution is -2.32. The second kappa shape index (κ2) is 3.39. The molecule has 0 aromatic heterocycles. The van der Waals surface area contributed by atoms with E-state index >= 15 is 0 Å². The van der Waals surface area contributed by atoms with Gasteiger partial charge >= 0.3 is 0 Å². The van der Waals surface area contributed by atoms with E-state index in [4.69, 9.17) is 0 Å². The minimum Gasteiger partial charge on any atom is -0.302 e. The fourth-order valence-corrected chi connectivity index (χ4v) is 2.25. The molecule has 0 saturated heterocycles. The molecule has 1 heterocycles. The topological polar surface area (TPSA) is 37.4 Å². The summed E-state index contributed by atoms with van der Waals surface area (Å²) >= 11 is 0. The number of benzene rings is 1. The van der Waals surface area contributed by atoms with E-state index < -0.39 is 17.5 Å². The third kappa shape index (κ3) is 1.55. The Hall–Kier alpha value is -1.71. The van der Waals surface area contributed by atoms with Gasteiger partial charge in [0.2, 0.25) is 0 Å². The number of hydrogen-bond donors (Lipinski definition) is 0. The van der Waals surface area contributed by atoms with Crippen LogP contribution in [0.4, 0.5) is 10.1 Å². The molecule has 0 radical (unpaired) electrons. The number of carbonyl (C=O) groups is 2. The van der Waals surface area contributed by atoms with Gasteiger partial charge in [0, 0.05) is 6.54 Å². The van der Waals surface area contributed by atoms with E-state index in [-0.39, 0.29) is 11.3 Å². The summed E-state index contributed by atoms with van der Waals surface area (Å²) in [5.74, 6) is -1.21. The molecule has 0 spiro atoms. The van der Waals surface area contributed by atoms with E-state index in [1.165, 1.54) is 11.0 Å². The van der Waals surface area contributed by atoms with Crippen molar-refractivity contribution < 1.29 is 14.0 Å². The molecule has 3 rings (SSSR count). The van der Waals surface area contributed by atoms with Crippen LogP contribution in [0.2, 0.25) is 0 Å². The Morgan fingerprint density at radius 1 is 1.35 bits per heavy atom. The molecule has 1 aliphatic carbocycles. The lowest BCUT2D eigenvalue weighted by atomic mass is 10.1. The Balaban J connectivity index is 2.10.